The molecule has 0 bridgehead atoms. The van der Waals surface area contributed by atoms with Crippen molar-refractivity contribution in [2.75, 3.05) is 6.16 Å². The predicted octanol–water partition coefficient (Wildman–Crippen LogP) is 1.41. The molecule has 0 amide bonds. The molecule has 0 radical (unpaired) electrons. The van der Waals surface area contributed by atoms with Gasteiger partial charge < -0.3 is 4.31 Å². The van der Waals surface area contributed by atoms with Crippen LogP contribution in [0.2, 0.25) is 0 Å². The summed E-state index contributed by atoms with van der Waals surface area (Å²) in [5.41, 5.74) is 0. The van der Waals surface area contributed by atoms with Crippen LogP contribution in [0.5, 0.6) is 0 Å². The van der Waals surface area contributed by atoms with E-state index in [2.05, 4.69) is 20.7 Å². The minimum atomic E-state index is 0.660. The van der Waals surface area contributed by atoms with Crippen LogP contribution in [0.25, 0.3) is 0 Å². The molecule has 0 saturated heterocycles. The smallest absolute Gasteiger partial charge is 0.0186 e. The van der Waals surface area contributed by atoms with Crippen molar-refractivity contribution in [1.82, 2.24) is 0 Å². The highest BCUT2D eigenvalue weighted by Gasteiger charge is 1.66. The Morgan fingerprint density at radius 1 is 2.00 bits per heavy atom. The molecule has 32 valence electrons. The summed E-state index contributed by atoms with van der Waals surface area (Å²) in [5, 5.41) is 0. The molecule has 0 aliphatic rings. The van der Waals surface area contributed by atoms with E-state index >= 15 is 0 Å². The predicted molar refractivity (Wildman–Crippen MR) is 29.7 cm³/mol. The van der Waals surface area contributed by atoms with Gasteiger partial charge in [-0.2, -0.15) is 0 Å². The summed E-state index contributed by atoms with van der Waals surface area (Å²) in [6.07, 6.45) is 1.13. The fourth-order valence-electron chi connectivity index (χ4n) is 0.0833. The van der Waals surface area contributed by atoms with E-state index in [0.717, 1.165) is 6.16 Å². The topological polar surface area (TPSA) is 9.23 Å². The van der Waals surface area contributed by atoms with Gasteiger partial charge in [-0.05, 0) is 6.16 Å². The van der Waals surface area contributed by atoms with E-state index < -0.39 is 0 Å². The van der Waals surface area contributed by atoms with Gasteiger partial charge in [0.25, 0.3) is 0 Å². The van der Waals surface area contributed by atoms with Crippen molar-refractivity contribution in [3.8, 4) is 0 Å². The molecule has 0 rings (SSSR count). The SMILES string of the molecule is CCPOP. The lowest BCUT2D eigenvalue weighted by molar-refractivity contribution is 0.741. The molecule has 0 aliphatic heterocycles. The highest BCUT2D eigenvalue weighted by molar-refractivity contribution is 7.39. The molecule has 3 heteroatoms. The Bertz CT molecular complexity index is 15.1. The summed E-state index contributed by atoms with van der Waals surface area (Å²) in [5.74, 6) is 0. The second-order valence-corrected chi connectivity index (χ2v) is 2.55. The van der Waals surface area contributed by atoms with Crippen molar-refractivity contribution in [2.24, 2.45) is 0 Å². The first-order valence-corrected chi connectivity index (χ1v) is 3.09. The number of hydrogen-bond acceptors (Lipinski definition) is 1. The number of hydrogen-bond donors (Lipinski definition) is 0. The summed E-state index contributed by atoms with van der Waals surface area (Å²) in [6, 6.07) is 0. The second kappa shape index (κ2) is 4.82. The van der Waals surface area contributed by atoms with E-state index in [1.165, 1.54) is 0 Å². The summed E-state index contributed by atoms with van der Waals surface area (Å²) < 4.78 is 4.64. The Labute approximate surface area is 36.6 Å². The number of rotatable bonds is 2. The van der Waals surface area contributed by atoms with Crippen LogP contribution in [0.15, 0.2) is 0 Å². The molecular formula is C2H8OP2. The van der Waals surface area contributed by atoms with Crippen LogP contribution >= 0.6 is 18.3 Å². The van der Waals surface area contributed by atoms with E-state index in [4.69, 9.17) is 0 Å². The minimum absolute atomic E-state index is 0.660. The first-order valence-electron chi connectivity index (χ1n) is 1.50. The van der Waals surface area contributed by atoms with Gasteiger partial charge in [0.1, 0.15) is 0 Å². The van der Waals surface area contributed by atoms with Crippen LogP contribution in [0.4, 0.5) is 0 Å². The minimum Gasteiger partial charge on any atom is -0.347 e. The zero-order valence-corrected chi connectivity index (χ0v) is 5.35. The van der Waals surface area contributed by atoms with Crippen molar-refractivity contribution >= 4 is 18.3 Å². The first-order chi connectivity index (χ1) is 2.41. The van der Waals surface area contributed by atoms with E-state index in [1.54, 1.807) is 0 Å². The normalized spacial score (nSPS) is 10.8. The van der Waals surface area contributed by atoms with Gasteiger partial charge in [-0.25, -0.2) is 0 Å². The van der Waals surface area contributed by atoms with E-state index in [9.17, 15) is 0 Å². The molecule has 2 unspecified atom stereocenters. The van der Waals surface area contributed by atoms with E-state index in [-0.39, 0.29) is 0 Å². The molecule has 0 spiro atoms. The molecule has 0 aromatic heterocycles. The fourth-order valence-corrected chi connectivity index (χ4v) is 0.750. The summed E-state index contributed by atoms with van der Waals surface area (Å²) in [6.45, 7) is 2.09. The maximum absolute atomic E-state index is 4.64. The highest BCUT2D eigenvalue weighted by atomic mass is 31.1. The average molecular weight is 110 g/mol. The van der Waals surface area contributed by atoms with Gasteiger partial charge in [0, 0.05) is 18.3 Å². The molecule has 0 aliphatic carbocycles. The average Bonchev–Trinajstić information content (AvgIpc) is 1.41. The highest BCUT2D eigenvalue weighted by Crippen LogP contribution is 2.13. The zero-order chi connectivity index (χ0) is 4.12. The van der Waals surface area contributed by atoms with Crippen LogP contribution in [-0.2, 0) is 4.31 Å². The van der Waals surface area contributed by atoms with Gasteiger partial charge in [-0.15, -0.1) is 0 Å². The molecule has 0 aromatic rings. The Balaban J connectivity index is 2.19. The maximum atomic E-state index is 4.64. The lowest BCUT2D eigenvalue weighted by Crippen LogP contribution is -1.52. The van der Waals surface area contributed by atoms with Crippen molar-refractivity contribution in [3.63, 3.8) is 0 Å². The van der Waals surface area contributed by atoms with Gasteiger partial charge >= 0.3 is 0 Å². The molecule has 2 atom stereocenters. The molecule has 0 fully saturated rings. The molecule has 0 N–H and O–H groups in total. The summed E-state index contributed by atoms with van der Waals surface area (Å²) >= 11 is 0. The van der Waals surface area contributed by atoms with Crippen molar-refractivity contribution in [2.45, 2.75) is 6.92 Å². The Morgan fingerprint density at radius 3 is 2.60 bits per heavy atom. The lowest BCUT2D eigenvalue weighted by Gasteiger charge is -1.83. The summed E-state index contributed by atoms with van der Waals surface area (Å²) in [7, 11) is 2.87. The van der Waals surface area contributed by atoms with Crippen molar-refractivity contribution in [3.05, 3.63) is 0 Å². The zero-order valence-electron chi connectivity index (χ0n) is 3.19. The molecule has 5 heavy (non-hydrogen) atoms. The Kier molecular flexibility index (Phi) is 5.61. The molecule has 0 aromatic carbocycles. The monoisotopic (exact) mass is 110 g/mol. The Hall–Kier alpha value is 0.820. The van der Waals surface area contributed by atoms with Crippen molar-refractivity contribution in [1.29, 1.82) is 0 Å². The molecule has 1 nitrogen and oxygen atoms in total. The second-order valence-electron chi connectivity index (χ2n) is 0.616. The van der Waals surface area contributed by atoms with Crippen LogP contribution in [0, 0.1) is 0 Å². The largest absolute Gasteiger partial charge is 0.347 e. The van der Waals surface area contributed by atoms with E-state index in [1.807, 2.05) is 0 Å². The van der Waals surface area contributed by atoms with Gasteiger partial charge in [-0.1, -0.05) is 6.92 Å². The van der Waals surface area contributed by atoms with Crippen LogP contribution in [-0.4, -0.2) is 6.16 Å². The third kappa shape index (κ3) is 4.82. The van der Waals surface area contributed by atoms with Gasteiger partial charge in [0.2, 0.25) is 0 Å². The van der Waals surface area contributed by atoms with E-state index in [0.29, 0.717) is 8.81 Å². The molecule has 0 saturated carbocycles. The standard InChI is InChI=1S/C2H8OP2/c1-2-5-3-4/h5H,2,4H2,1H3. The fraction of sp³-hybridized carbons (Fsp3) is 1.00. The third-order valence-corrected chi connectivity index (χ3v) is 1.18. The van der Waals surface area contributed by atoms with Crippen LogP contribution in [0.3, 0.4) is 0 Å². The maximum Gasteiger partial charge on any atom is 0.0186 e. The Morgan fingerprint density at radius 2 is 2.60 bits per heavy atom. The quantitative estimate of drug-likeness (QED) is 0.488. The van der Waals surface area contributed by atoms with Gasteiger partial charge in [0.05, 0.1) is 0 Å². The van der Waals surface area contributed by atoms with Gasteiger partial charge in [-0.3, -0.25) is 0 Å². The molecular weight excluding hydrogens is 102 g/mol. The van der Waals surface area contributed by atoms with Gasteiger partial charge in [0.15, 0.2) is 0 Å². The summed E-state index contributed by atoms with van der Waals surface area (Å²) in [4.78, 5) is 0. The van der Waals surface area contributed by atoms with Crippen molar-refractivity contribution < 1.29 is 4.31 Å². The lowest BCUT2D eigenvalue weighted by atomic mass is 11.0. The third-order valence-electron chi connectivity index (χ3n) is 0.228. The van der Waals surface area contributed by atoms with Crippen LogP contribution in [0.1, 0.15) is 6.92 Å². The molecule has 0 heterocycles. The van der Waals surface area contributed by atoms with Crippen LogP contribution < -0.4 is 0 Å². The first kappa shape index (κ1) is 5.82.